The molecule has 0 heterocycles. The maximum Gasteiger partial charge on any atom is 0.253 e. The lowest BCUT2D eigenvalue weighted by molar-refractivity contribution is -0.120. The van der Waals surface area contributed by atoms with Gasteiger partial charge in [-0.15, -0.1) is 0 Å². The molecule has 4 N–H and O–H groups in total. The van der Waals surface area contributed by atoms with Gasteiger partial charge in [-0.05, 0) is 31.0 Å². The average Bonchev–Trinajstić information content (AvgIpc) is 3.23. The number of anilines is 2. The molecule has 0 atom stereocenters. The van der Waals surface area contributed by atoms with E-state index in [-0.39, 0.29) is 11.8 Å². The fourth-order valence-electron chi connectivity index (χ4n) is 1.95. The van der Waals surface area contributed by atoms with Crippen molar-refractivity contribution in [2.24, 2.45) is 0 Å². The van der Waals surface area contributed by atoms with E-state index in [2.05, 4.69) is 10.6 Å². The quantitative estimate of drug-likeness (QED) is 0.683. The molecule has 0 aliphatic heterocycles. The molecule has 21 heavy (non-hydrogen) atoms. The van der Waals surface area contributed by atoms with E-state index < -0.39 is 0 Å². The average molecular weight is 290 g/mol. The van der Waals surface area contributed by atoms with Crippen LogP contribution in [0.15, 0.2) is 18.2 Å². The van der Waals surface area contributed by atoms with Crippen molar-refractivity contribution >= 4 is 23.2 Å². The number of carbonyl (C=O) groups is 2. The van der Waals surface area contributed by atoms with Gasteiger partial charge in [0.05, 0.1) is 11.4 Å². The second-order valence-corrected chi connectivity index (χ2v) is 5.52. The normalized spacial score (nSPS) is 13.6. The van der Waals surface area contributed by atoms with Gasteiger partial charge in [0.2, 0.25) is 5.91 Å². The minimum Gasteiger partial charge on any atom is -0.397 e. The predicted octanol–water partition coefficient (Wildman–Crippen LogP) is 1.05. The Morgan fingerprint density at radius 1 is 1.33 bits per heavy atom. The Balaban J connectivity index is 1.85. The van der Waals surface area contributed by atoms with E-state index in [1.807, 2.05) is 0 Å². The lowest BCUT2D eigenvalue weighted by Gasteiger charge is -2.13. The van der Waals surface area contributed by atoms with Crippen LogP contribution < -0.4 is 16.4 Å². The zero-order valence-electron chi connectivity index (χ0n) is 12.5. The Hall–Kier alpha value is -2.24. The molecule has 114 valence electrons. The Labute approximate surface area is 124 Å². The molecule has 0 unspecified atom stereocenters. The van der Waals surface area contributed by atoms with Crippen LogP contribution in [0, 0.1) is 0 Å². The third-order valence-electron chi connectivity index (χ3n) is 3.31. The summed E-state index contributed by atoms with van der Waals surface area (Å²) in [5, 5.41) is 6.05. The van der Waals surface area contributed by atoms with Crippen LogP contribution in [0.2, 0.25) is 0 Å². The summed E-state index contributed by atoms with van der Waals surface area (Å²) in [5.74, 6) is -0.0277. The highest BCUT2D eigenvalue weighted by atomic mass is 16.2. The second kappa shape index (κ2) is 6.47. The Bertz CT molecular complexity index is 538. The minimum absolute atomic E-state index is 0.0583. The third-order valence-corrected chi connectivity index (χ3v) is 3.31. The monoisotopic (exact) mass is 290 g/mol. The summed E-state index contributed by atoms with van der Waals surface area (Å²) in [6.45, 7) is 0.518. The van der Waals surface area contributed by atoms with Crippen LogP contribution in [0.1, 0.15) is 29.6 Å². The molecule has 0 saturated heterocycles. The van der Waals surface area contributed by atoms with E-state index in [4.69, 9.17) is 5.73 Å². The number of nitrogens with two attached hydrogens (primary N) is 1. The summed E-state index contributed by atoms with van der Waals surface area (Å²) in [6, 6.07) is 5.53. The molecule has 1 aromatic carbocycles. The molecule has 1 aliphatic carbocycles. The van der Waals surface area contributed by atoms with Crippen LogP contribution in [-0.2, 0) is 4.79 Å². The SMILES string of the molecule is CN(C)C(=O)c1ccc(NCCC(=O)NC2CC2)c(N)c1. The van der Waals surface area contributed by atoms with Crippen molar-refractivity contribution < 1.29 is 9.59 Å². The molecule has 0 spiro atoms. The van der Waals surface area contributed by atoms with Crippen LogP contribution in [0.5, 0.6) is 0 Å². The van der Waals surface area contributed by atoms with Crippen molar-refractivity contribution in [1.82, 2.24) is 10.2 Å². The van der Waals surface area contributed by atoms with Crippen LogP contribution in [-0.4, -0.2) is 43.4 Å². The van der Waals surface area contributed by atoms with Crippen LogP contribution in [0.25, 0.3) is 0 Å². The Morgan fingerprint density at radius 2 is 2.05 bits per heavy atom. The highest BCUT2D eigenvalue weighted by Crippen LogP contribution is 2.21. The van der Waals surface area contributed by atoms with E-state index in [9.17, 15) is 9.59 Å². The molecule has 0 aromatic heterocycles. The summed E-state index contributed by atoms with van der Waals surface area (Å²) in [7, 11) is 3.40. The summed E-state index contributed by atoms with van der Waals surface area (Å²) >= 11 is 0. The van der Waals surface area contributed by atoms with Gasteiger partial charge in [0.15, 0.2) is 0 Å². The molecule has 6 heteroatoms. The summed E-state index contributed by atoms with van der Waals surface area (Å²) in [5.41, 5.74) is 7.73. The second-order valence-electron chi connectivity index (χ2n) is 5.52. The zero-order valence-corrected chi connectivity index (χ0v) is 12.5. The number of nitrogens with one attached hydrogen (secondary N) is 2. The summed E-state index contributed by atoms with van der Waals surface area (Å²) < 4.78 is 0. The van der Waals surface area contributed by atoms with E-state index in [1.54, 1.807) is 32.3 Å². The lowest BCUT2D eigenvalue weighted by atomic mass is 10.1. The lowest BCUT2D eigenvalue weighted by Crippen LogP contribution is -2.27. The van der Waals surface area contributed by atoms with Crippen molar-refractivity contribution in [2.45, 2.75) is 25.3 Å². The fraction of sp³-hybridized carbons (Fsp3) is 0.467. The van der Waals surface area contributed by atoms with Crippen molar-refractivity contribution in [3.8, 4) is 0 Å². The van der Waals surface area contributed by atoms with Gasteiger partial charge in [-0.25, -0.2) is 0 Å². The maximum atomic E-state index is 11.8. The first-order chi connectivity index (χ1) is 9.97. The fourth-order valence-corrected chi connectivity index (χ4v) is 1.95. The molecule has 0 radical (unpaired) electrons. The minimum atomic E-state index is -0.0861. The molecular weight excluding hydrogens is 268 g/mol. The standard InChI is InChI=1S/C15H22N4O2/c1-19(2)15(21)10-3-6-13(12(16)9-10)17-8-7-14(20)18-11-4-5-11/h3,6,9,11,17H,4-5,7-8,16H2,1-2H3,(H,18,20). The Morgan fingerprint density at radius 3 is 2.62 bits per heavy atom. The number of benzene rings is 1. The molecule has 2 amide bonds. The van der Waals surface area contributed by atoms with Crippen molar-refractivity contribution in [1.29, 1.82) is 0 Å². The smallest absolute Gasteiger partial charge is 0.253 e. The molecule has 6 nitrogen and oxygen atoms in total. The number of nitrogens with zero attached hydrogens (tertiary/aromatic N) is 1. The van der Waals surface area contributed by atoms with E-state index in [0.29, 0.717) is 30.3 Å². The number of rotatable bonds is 6. The first kappa shape index (κ1) is 15.2. The number of amides is 2. The molecular formula is C15H22N4O2. The first-order valence-electron chi connectivity index (χ1n) is 7.12. The van der Waals surface area contributed by atoms with Crippen molar-refractivity contribution in [3.63, 3.8) is 0 Å². The maximum absolute atomic E-state index is 11.8. The van der Waals surface area contributed by atoms with Gasteiger partial charge in [-0.2, -0.15) is 0 Å². The third kappa shape index (κ3) is 4.37. The van der Waals surface area contributed by atoms with Crippen LogP contribution in [0.3, 0.4) is 0 Å². The van der Waals surface area contributed by atoms with Gasteiger partial charge < -0.3 is 21.3 Å². The van der Waals surface area contributed by atoms with Gasteiger partial charge in [0.25, 0.3) is 5.91 Å². The molecule has 1 saturated carbocycles. The molecule has 1 fully saturated rings. The highest BCUT2D eigenvalue weighted by Gasteiger charge is 2.22. The topological polar surface area (TPSA) is 87.5 Å². The number of hydrogen-bond acceptors (Lipinski definition) is 4. The molecule has 2 rings (SSSR count). The summed E-state index contributed by atoms with van der Waals surface area (Å²) in [4.78, 5) is 24.9. The van der Waals surface area contributed by atoms with Crippen LogP contribution in [0.4, 0.5) is 11.4 Å². The first-order valence-corrected chi connectivity index (χ1v) is 7.12. The van der Waals surface area contributed by atoms with Gasteiger partial charge in [0.1, 0.15) is 0 Å². The van der Waals surface area contributed by atoms with Gasteiger partial charge >= 0.3 is 0 Å². The van der Waals surface area contributed by atoms with Gasteiger partial charge in [-0.1, -0.05) is 0 Å². The molecule has 1 aromatic rings. The largest absolute Gasteiger partial charge is 0.397 e. The van der Waals surface area contributed by atoms with Gasteiger partial charge in [-0.3, -0.25) is 9.59 Å². The number of hydrogen-bond donors (Lipinski definition) is 3. The highest BCUT2D eigenvalue weighted by molar-refractivity contribution is 5.95. The molecule has 1 aliphatic rings. The van der Waals surface area contributed by atoms with Crippen molar-refractivity contribution in [2.75, 3.05) is 31.7 Å². The summed E-state index contributed by atoms with van der Waals surface area (Å²) in [6.07, 6.45) is 2.59. The predicted molar refractivity (Wildman–Crippen MR) is 83.1 cm³/mol. The van der Waals surface area contributed by atoms with Gasteiger partial charge in [0, 0.05) is 38.7 Å². The van der Waals surface area contributed by atoms with E-state index in [0.717, 1.165) is 18.5 Å². The Kier molecular flexibility index (Phi) is 4.67. The number of nitrogen functional groups attached to an aromatic ring is 1. The van der Waals surface area contributed by atoms with Crippen molar-refractivity contribution in [3.05, 3.63) is 23.8 Å². The van der Waals surface area contributed by atoms with Crippen LogP contribution >= 0.6 is 0 Å². The zero-order chi connectivity index (χ0) is 15.4. The van der Waals surface area contributed by atoms with E-state index in [1.165, 1.54) is 4.90 Å². The number of carbonyl (C=O) groups excluding carboxylic acids is 2. The van der Waals surface area contributed by atoms with E-state index >= 15 is 0 Å². The molecule has 0 bridgehead atoms.